The molecule has 2 aliphatic rings. The monoisotopic (exact) mass is 555 g/mol. The molecule has 1 saturated carbocycles. The van der Waals surface area contributed by atoms with Gasteiger partial charge in [0.25, 0.3) is 17.7 Å². The summed E-state index contributed by atoms with van der Waals surface area (Å²) in [5.74, 6) is -4.74. The molecule has 2 fully saturated rings. The van der Waals surface area contributed by atoms with Gasteiger partial charge >= 0.3 is 0 Å². The molecule has 0 radical (unpaired) electrons. The van der Waals surface area contributed by atoms with Crippen LogP contribution in [0.4, 0.5) is 20.4 Å². The first kappa shape index (κ1) is 26.6. The third-order valence-electron chi connectivity index (χ3n) is 6.55. The number of hydrogen-bond acceptors (Lipinski definition) is 6. The van der Waals surface area contributed by atoms with Gasteiger partial charge in [-0.3, -0.25) is 24.2 Å². The van der Waals surface area contributed by atoms with E-state index in [2.05, 4.69) is 15.3 Å². The number of nitrogens with one attached hydrogen (secondary N) is 1. The number of rotatable bonds is 7. The molecule has 1 N–H and O–H groups in total. The number of nitrogens with zero attached hydrogens (tertiary/aromatic N) is 4. The molecule has 202 valence electrons. The van der Waals surface area contributed by atoms with Crippen molar-refractivity contribution in [3.63, 3.8) is 0 Å². The number of benzene rings is 2. The van der Waals surface area contributed by atoms with Gasteiger partial charge in [0.1, 0.15) is 18.7 Å². The van der Waals surface area contributed by atoms with Crippen LogP contribution in [0.2, 0.25) is 5.02 Å². The van der Waals surface area contributed by atoms with Crippen molar-refractivity contribution in [2.24, 2.45) is 0 Å². The molecule has 0 spiro atoms. The average molecular weight is 556 g/mol. The van der Waals surface area contributed by atoms with Crippen LogP contribution in [-0.2, 0) is 19.1 Å². The Morgan fingerprint density at radius 2 is 1.72 bits per heavy atom. The molecule has 1 saturated heterocycles. The van der Waals surface area contributed by atoms with E-state index in [0.29, 0.717) is 5.69 Å². The van der Waals surface area contributed by atoms with Gasteiger partial charge in [-0.05, 0) is 24.3 Å². The molecule has 9 nitrogen and oxygen atoms in total. The minimum absolute atomic E-state index is 0.00704. The lowest BCUT2D eigenvalue weighted by Gasteiger charge is -2.40. The molecule has 2 aromatic carbocycles. The van der Waals surface area contributed by atoms with E-state index in [9.17, 15) is 23.2 Å². The molecule has 2 unspecified atom stereocenters. The summed E-state index contributed by atoms with van der Waals surface area (Å²) in [4.78, 5) is 51.7. The van der Waals surface area contributed by atoms with Crippen LogP contribution in [0.1, 0.15) is 24.4 Å². The largest absolute Gasteiger partial charge is 0.369 e. The normalized spacial score (nSPS) is 19.6. The maximum atomic E-state index is 14.4. The summed E-state index contributed by atoms with van der Waals surface area (Å²) in [6.07, 6.45) is 1.88. The highest BCUT2D eigenvalue weighted by Crippen LogP contribution is 2.39. The second kappa shape index (κ2) is 11.0. The fraction of sp³-hybridized carbons (Fsp3) is 0.296. The smallest absolute Gasteiger partial charge is 0.256 e. The predicted molar refractivity (Wildman–Crippen MR) is 138 cm³/mol. The van der Waals surface area contributed by atoms with Gasteiger partial charge in [0.15, 0.2) is 0 Å². The van der Waals surface area contributed by atoms with Gasteiger partial charge in [0, 0.05) is 47.6 Å². The van der Waals surface area contributed by atoms with Crippen LogP contribution in [0.25, 0.3) is 0 Å². The SMILES string of the molecule is O=C(NC1CC(F)(F)C1)C(c1ccccc1Cl)N(C(=O)C1COCC(=O)N1c1ncccn1)c1ccccc1. The second-order valence-corrected chi connectivity index (χ2v) is 9.69. The minimum atomic E-state index is -2.86. The van der Waals surface area contributed by atoms with Crippen LogP contribution in [0, 0.1) is 0 Å². The maximum absolute atomic E-state index is 14.4. The van der Waals surface area contributed by atoms with Crippen LogP contribution in [-0.4, -0.2) is 58.9 Å². The molecule has 2 atom stereocenters. The van der Waals surface area contributed by atoms with Gasteiger partial charge in [-0.2, -0.15) is 0 Å². The Balaban J connectivity index is 1.59. The van der Waals surface area contributed by atoms with E-state index in [-0.39, 0.29) is 29.7 Å². The van der Waals surface area contributed by atoms with E-state index in [0.717, 1.165) is 4.90 Å². The summed E-state index contributed by atoms with van der Waals surface area (Å²) in [7, 11) is 0. The molecule has 1 aliphatic heterocycles. The third-order valence-corrected chi connectivity index (χ3v) is 6.89. The average Bonchev–Trinajstić information content (AvgIpc) is 2.91. The van der Waals surface area contributed by atoms with Gasteiger partial charge in [-0.1, -0.05) is 48.0 Å². The zero-order valence-corrected chi connectivity index (χ0v) is 21.3. The molecular formula is C27H24ClF2N5O4. The van der Waals surface area contributed by atoms with E-state index in [1.807, 2.05) is 0 Å². The standard InChI is InChI=1S/C27H24ClF2N5O4/c28-20-10-5-4-9-19(20)23(24(37)33-17-13-27(29,30)14-17)34(18-7-2-1-3-8-18)25(38)21-15-39-16-22(36)35(21)26-31-11-6-12-32-26/h1-12,17,21,23H,13-16H2,(H,33,37). The van der Waals surface area contributed by atoms with E-state index in [1.165, 1.54) is 17.3 Å². The van der Waals surface area contributed by atoms with Crippen LogP contribution >= 0.6 is 11.6 Å². The Kier molecular flexibility index (Phi) is 7.53. The van der Waals surface area contributed by atoms with Gasteiger partial charge in [0.05, 0.1) is 6.61 Å². The lowest BCUT2D eigenvalue weighted by Crippen LogP contribution is -2.60. The molecule has 2 heterocycles. The van der Waals surface area contributed by atoms with Crippen molar-refractivity contribution in [3.05, 3.63) is 83.6 Å². The number of alkyl halides is 2. The summed E-state index contributed by atoms with van der Waals surface area (Å²) in [5.41, 5.74) is 0.610. The van der Waals surface area contributed by atoms with Crippen molar-refractivity contribution < 1.29 is 27.9 Å². The van der Waals surface area contributed by atoms with Gasteiger partial charge in [-0.15, -0.1) is 0 Å². The maximum Gasteiger partial charge on any atom is 0.256 e. The molecule has 3 amide bonds. The summed E-state index contributed by atoms with van der Waals surface area (Å²) in [6, 6.07) is 13.1. The molecule has 39 heavy (non-hydrogen) atoms. The second-order valence-electron chi connectivity index (χ2n) is 9.28. The summed E-state index contributed by atoms with van der Waals surface area (Å²) < 4.78 is 32.6. The molecule has 12 heteroatoms. The third kappa shape index (κ3) is 5.59. The summed E-state index contributed by atoms with van der Waals surface area (Å²) >= 11 is 6.52. The van der Waals surface area contributed by atoms with Crippen LogP contribution in [0.3, 0.4) is 0 Å². The van der Waals surface area contributed by atoms with E-state index in [4.69, 9.17) is 16.3 Å². The minimum Gasteiger partial charge on any atom is -0.369 e. The lowest BCUT2D eigenvalue weighted by molar-refractivity contribution is -0.136. The highest BCUT2D eigenvalue weighted by Gasteiger charge is 2.48. The van der Waals surface area contributed by atoms with Crippen LogP contribution < -0.4 is 15.1 Å². The quantitative estimate of drug-likeness (QED) is 0.478. The predicted octanol–water partition coefficient (Wildman–Crippen LogP) is 3.55. The summed E-state index contributed by atoms with van der Waals surface area (Å²) in [6.45, 7) is -0.463. The van der Waals surface area contributed by atoms with Crippen molar-refractivity contribution in [1.82, 2.24) is 15.3 Å². The first-order chi connectivity index (χ1) is 18.7. The molecular weight excluding hydrogens is 532 g/mol. The van der Waals surface area contributed by atoms with Gasteiger partial charge in [-0.25, -0.2) is 18.7 Å². The van der Waals surface area contributed by atoms with Crippen molar-refractivity contribution in [3.8, 4) is 0 Å². The number of carbonyl (C=O) groups is 3. The first-order valence-corrected chi connectivity index (χ1v) is 12.6. The molecule has 5 rings (SSSR count). The van der Waals surface area contributed by atoms with Crippen LogP contribution in [0.5, 0.6) is 0 Å². The Morgan fingerprint density at radius 3 is 2.38 bits per heavy atom. The fourth-order valence-corrected chi connectivity index (χ4v) is 4.95. The van der Waals surface area contributed by atoms with Gasteiger partial charge in [0.2, 0.25) is 11.9 Å². The zero-order chi connectivity index (χ0) is 27.6. The number of amides is 3. The fourth-order valence-electron chi connectivity index (χ4n) is 4.71. The topological polar surface area (TPSA) is 105 Å². The number of para-hydroxylation sites is 1. The number of aromatic nitrogens is 2. The van der Waals surface area contributed by atoms with E-state index >= 15 is 0 Å². The highest BCUT2D eigenvalue weighted by atomic mass is 35.5. The number of hydrogen-bond donors (Lipinski definition) is 1. The number of ether oxygens (including phenoxy) is 1. The number of halogens is 3. The number of morpholine rings is 1. The molecule has 3 aromatic rings. The van der Waals surface area contributed by atoms with Crippen LogP contribution in [0.15, 0.2) is 73.1 Å². The number of anilines is 2. The van der Waals surface area contributed by atoms with Crippen molar-refractivity contribution in [2.75, 3.05) is 23.0 Å². The van der Waals surface area contributed by atoms with E-state index in [1.54, 1.807) is 60.7 Å². The first-order valence-electron chi connectivity index (χ1n) is 12.2. The molecule has 1 aliphatic carbocycles. The number of carbonyl (C=O) groups excluding carboxylic acids is 3. The Bertz CT molecular complexity index is 1360. The Labute approximate surface area is 227 Å². The van der Waals surface area contributed by atoms with Crippen molar-refractivity contribution in [2.45, 2.75) is 36.9 Å². The lowest BCUT2D eigenvalue weighted by atomic mass is 9.87. The van der Waals surface area contributed by atoms with Gasteiger partial charge < -0.3 is 10.1 Å². The Hall–Kier alpha value is -3.96. The van der Waals surface area contributed by atoms with E-state index < -0.39 is 54.6 Å². The van der Waals surface area contributed by atoms with Crippen molar-refractivity contribution in [1.29, 1.82) is 0 Å². The summed E-state index contributed by atoms with van der Waals surface area (Å²) in [5, 5.41) is 2.85. The Morgan fingerprint density at radius 1 is 1.05 bits per heavy atom. The van der Waals surface area contributed by atoms with Crippen molar-refractivity contribution >= 4 is 41.0 Å². The zero-order valence-electron chi connectivity index (χ0n) is 20.5. The molecule has 1 aromatic heterocycles. The highest BCUT2D eigenvalue weighted by molar-refractivity contribution is 6.31. The molecule has 0 bridgehead atoms.